The fourth-order valence-electron chi connectivity index (χ4n) is 0.965. The van der Waals surface area contributed by atoms with E-state index in [9.17, 15) is 8.42 Å². The molecule has 0 aliphatic heterocycles. The quantitative estimate of drug-likeness (QED) is 0.775. The van der Waals surface area contributed by atoms with Crippen molar-refractivity contribution in [2.24, 2.45) is 0 Å². The minimum atomic E-state index is -3.60. The van der Waals surface area contributed by atoms with E-state index < -0.39 is 15.6 Å². The van der Waals surface area contributed by atoms with Crippen molar-refractivity contribution in [2.45, 2.75) is 4.90 Å². The molecule has 0 atom stereocenters. The molecule has 0 amide bonds. The summed E-state index contributed by atoms with van der Waals surface area (Å²) < 4.78 is 22.8. The van der Waals surface area contributed by atoms with E-state index in [1.54, 1.807) is 6.07 Å². The largest absolute Gasteiger partial charge is 0.398 e. The Morgan fingerprint density at radius 3 is 2.64 bits per heavy atom. The topological polar surface area (TPSA) is 84.0 Å². The molecule has 0 aliphatic rings. The van der Waals surface area contributed by atoms with Crippen molar-refractivity contribution in [3.8, 4) is 6.07 Å². The molecule has 1 aromatic rings. The van der Waals surface area contributed by atoms with Gasteiger partial charge in [0, 0.05) is 5.02 Å². The Bertz CT molecular complexity index is 491. The number of anilines is 1. The molecule has 0 heterocycles. The van der Waals surface area contributed by atoms with Crippen molar-refractivity contribution >= 4 is 27.1 Å². The van der Waals surface area contributed by atoms with E-state index in [1.807, 2.05) is 0 Å². The third-order valence-corrected chi connectivity index (χ3v) is 3.35. The molecule has 14 heavy (non-hydrogen) atoms. The van der Waals surface area contributed by atoms with Crippen molar-refractivity contribution in [3.63, 3.8) is 0 Å². The van der Waals surface area contributed by atoms with E-state index in [4.69, 9.17) is 22.6 Å². The number of nitrogen functional groups attached to an aromatic ring is 1. The summed E-state index contributed by atoms with van der Waals surface area (Å²) in [5, 5.41) is 8.67. The molecule has 4 nitrogen and oxygen atoms in total. The van der Waals surface area contributed by atoms with E-state index in [2.05, 4.69) is 0 Å². The first kappa shape index (κ1) is 10.8. The van der Waals surface area contributed by atoms with Gasteiger partial charge in [-0.15, -0.1) is 0 Å². The van der Waals surface area contributed by atoms with Gasteiger partial charge in [0.05, 0.1) is 16.7 Å². The van der Waals surface area contributed by atoms with Crippen LogP contribution in [0.1, 0.15) is 0 Å². The number of halogens is 1. The number of hydrogen-bond donors (Lipinski definition) is 1. The normalized spacial score (nSPS) is 10.9. The van der Waals surface area contributed by atoms with Crippen LogP contribution in [-0.4, -0.2) is 14.2 Å². The zero-order valence-corrected chi connectivity index (χ0v) is 8.64. The lowest BCUT2D eigenvalue weighted by Crippen LogP contribution is -2.07. The molecule has 0 saturated carbocycles. The van der Waals surface area contributed by atoms with E-state index in [-0.39, 0.29) is 10.6 Å². The lowest BCUT2D eigenvalue weighted by atomic mass is 10.3. The summed E-state index contributed by atoms with van der Waals surface area (Å²) in [6, 6.07) is 5.63. The van der Waals surface area contributed by atoms with Gasteiger partial charge in [-0.3, -0.25) is 0 Å². The number of nitrogens with two attached hydrogens (primary N) is 1. The Morgan fingerprint density at radius 2 is 2.14 bits per heavy atom. The third kappa shape index (κ3) is 2.16. The first-order chi connectivity index (χ1) is 6.47. The third-order valence-electron chi connectivity index (χ3n) is 1.56. The number of nitrogens with zero attached hydrogens (tertiary/aromatic N) is 1. The molecule has 0 saturated heterocycles. The van der Waals surface area contributed by atoms with Crippen LogP contribution in [0, 0.1) is 11.3 Å². The van der Waals surface area contributed by atoms with Gasteiger partial charge in [0.2, 0.25) is 0 Å². The lowest BCUT2D eigenvalue weighted by molar-refractivity contribution is 0.599. The minimum absolute atomic E-state index is 0.0524. The van der Waals surface area contributed by atoms with Gasteiger partial charge in [0.15, 0.2) is 9.84 Å². The highest BCUT2D eigenvalue weighted by atomic mass is 35.5. The van der Waals surface area contributed by atoms with Crippen LogP contribution in [0.2, 0.25) is 5.02 Å². The molecule has 2 N–H and O–H groups in total. The summed E-state index contributed by atoms with van der Waals surface area (Å²) in [6.07, 6.45) is 0. The highest BCUT2D eigenvalue weighted by Gasteiger charge is 2.16. The van der Waals surface area contributed by atoms with Crippen LogP contribution in [0.3, 0.4) is 0 Å². The number of benzene rings is 1. The summed E-state index contributed by atoms with van der Waals surface area (Å²) in [6.45, 7) is 0. The Hall–Kier alpha value is -1.25. The number of nitriles is 1. The molecule has 74 valence electrons. The average Bonchev–Trinajstić information content (AvgIpc) is 2.02. The summed E-state index contributed by atoms with van der Waals surface area (Å²) in [5.41, 5.74) is 5.53. The van der Waals surface area contributed by atoms with Gasteiger partial charge in [0.1, 0.15) is 5.75 Å². The molecule has 0 unspecified atom stereocenters. The number of sulfone groups is 1. The van der Waals surface area contributed by atoms with Gasteiger partial charge in [-0.25, -0.2) is 8.42 Å². The Labute approximate surface area is 86.8 Å². The molecule has 0 bridgehead atoms. The maximum atomic E-state index is 11.4. The van der Waals surface area contributed by atoms with E-state index >= 15 is 0 Å². The van der Waals surface area contributed by atoms with Crippen molar-refractivity contribution in [1.82, 2.24) is 0 Å². The van der Waals surface area contributed by atoms with Crippen LogP contribution in [0.5, 0.6) is 0 Å². The molecule has 6 heteroatoms. The Kier molecular flexibility index (Phi) is 2.99. The predicted octanol–water partition coefficient (Wildman–Crippen LogP) is 1.22. The van der Waals surface area contributed by atoms with Crippen molar-refractivity contribution in [3.05, 3.63) is 23.2 Å². The van der Waals surface area contributed by atoms with Crippen molar-refractivity contribution < 1.29 is 8.42 Å². The molecular weight excluding hydrogens is 224 g/mol. The Balaban J connectivity index is 3.29. The number of rotatable bonds is 2. The minimum Gasteiger partial charge on any atom is -0.398 e. The summed E-state index contributed by atoms with van der Waals surface area (Å²) >= 11 is 5.60. The van der Waals surface area contributed by atoms with Crippen molar-refractivity contribution in [1.29, 1.82) is 5.26 Å². The van der Waals surface area contributed by atoms with Crippen LogP contribution in [0.15, 0.2) is 23.1 Å². The van der Waals surface area contributed by atoms with Gasteiger partial charge >= 0.3 is 0 Å². The first-order valence-electron chi connectivity index (χ1n) is 3.62. The smallest absolute Gasteiger partial charge is 0.193 e. The summed E-state index contributed by atoms with van der Waals surface area (Å²) in [5.74, 6) is -0.584. The monoisotopic (exact) mass is 230 g/mol. The molecular formula is C8H7ClN2O2S. The van der Waals surface area contributed by atoms with E-state index in [1.165, 1.54) is 18.2 Å². The molecule has 1 rings (SSSR count). The van der Waals surface area contributed by atoms with Crippen LogP contribution < -0.4 is 5.73 Å². The van der Waals surface area contributed by atoms with Crippen molar-refractivity contribution in [2.75, 3.05) is 11.5 Å². The maximum Gasteiger partial charge on any atom is 0.193 e. The van der Waals surface area contributed by atoms with Gasteiger partial charge in [-0.05, 0) is 18.2 Å². The molecule has 0 aliphatic carbocycles. The average molecular weight is 231 g/mol. The molecule has 0 aromatic heterocycles. The fourth-order valence-corrected chi connectivity index (χ4v) is 2.16. The SMILES string of the molecule is N#CCS(=O)(=O)c1ccc(Cl)cc1N. The first-order valence-corrected chi connectivity index (χ1v) is 5.65. The van der Waals surface area contributed by atoms with E-state index in [0.717, 1.165) is 0 Å². The van der Waals surface area contributed by atoms with Gasteiger partial charge in [0.25, 0.3) is 0 Å². The van der Waals surface area contributed by atoms with Gasteiger partial charge < -0.3 is 5.73 Å². The summed E-state index contributed by atoms with van der Waals surface area (Å²) in [7, 11) is -3.60. The highest BCUT2D eigenvalue weighted by Crippen LogP contribution is 2.23. The zero-order valence-electron chi connectivity index (χ0n) is 7.07. The number of hydrogen-bond acceptors (Lipinski definition) is 4. The second-order valence-electron chi connectivity index (χ2n) is 2.60. The molecule has 1 aromatic carbocycles. The maximum absolute atomic E-state index is 11.4. The van der Waals surface area contributed by atoms with Gasteiger partial charge in [-0.1, -0.05) is 11.6 Å². The standard InChI is InChI=1S/C8H7ClN2O2S/c9-6-1-2-8(7(11)5-6)14(12,13)4-3-10/h1-2,5H,4,11H2. The molecule has 0 spiro atoms. The second kappa shape index (κ2) is 3.86. The lowest BCUT2D eigenvalue weighted by Gasteiger charge is -2.03. The summed E-state index contributed by atoms with van der Waals surface area (Å²) in [4.78, 5) is -0.0524. The molecule has 0 fully saturated rings. The highest BCUT2D eigenvalue weighted by molar-refractivity contribution is 7.91. The predicted molar refractivity (Wildman–Crippen MR) is 53.5 cm³/mol. The zero-order chi connectivity index (χ0) is 10.8. The van der Waals surface area contributed by atoms with Gasteiger partial charge in [-0.2, -0.15) is 5.26 Å². The van der Waals surface area contributed by atoms with Crippen LogP contribution in [0.25, 0.3) is 0 Å². The van der Waals surface area contributed by atoms with E-state index in [0.29, 0.717) is 5.02 Å². The van der Waals surface area contributed by atoms with Crippen LogP contribution in [0.4, 0.5) is 5.69 Å². The van der Waals surface area contributed by atoms with Crippen LogP contribution in [-0.2, 0) is 9.84 Å². The Morgan fingerprint density at radius 1 is 1.50 bits per heavy atom. The molecule has 0 radical (unpaired) electrons. The fraction of sp³-hybridized carbons (Fsp3) is 0.125. The van der Waals surface area contributed by atoms with Crippen LogP contribution >= 0.6 is 11.6 Å². The second-order valence-corrected chi connectivity index (χ2v) is 4.99.